The molecule has 0 aromatic heterocycles. The summed E-state index contributed by atoms with van der Waals surface area (Å²) in [5, 5.41) is 0. The predicted molar refractivity (Wildman–Crippen MR) is 63.1 cm³/mol. The molecule has 1 aromatic carbocycles. The third-order valence-corrected chi connectivity index (χ3v) is 3.16. The van der Waals surface area contributed by atoms with Crippen LogP contribution in [0.1, 0.15) is 0 Å². The van der Waals surface area contributed by atoms with E-state index in [0.717, 1.165) is 15.3 Å². The van der Waals surface area contributed by atoms with Crippen LogP contribution in [0.15, 0.2) is 24.3 Å². The van der Waals surface area contributed by atoms with E-state index in [1.165, 1.54) is 10.8 Å². The van der Waals surface area contributed by atoms with Crippen molar-refractivity contribution in [1.29, 1.82) is 0 Å². The van der Waals surface area contributed by atoms with Crippen molar-refractivity contribution in [3.63, 3.8) is 0 Å². The molecule has 0 spiro atoms. The molecule has 15 heavy (non-hydrogen) atoms. The fourth-order valence-corrected chi connectivity index (χ4v) is 2.26. The fourth-order valence-electron chi connectivity index (χ4n) is 0.966. The number of methoxy groups -OCH3 is 1. The van der Waals surface area contributed by atoms with E-state index in [2.05, 4.69) is 0 Å². The molecule has 0 bridgehead atoms. The molecule has 0 unspecified atom stereocenters. The summed E-state index contributed by atoms with van der Waals surface area (Å²) in [5.41, 5.74) is 0.489. The summed E-state index contributed by atoms with van der Waals surface area (Å²) in [6.07, 6.45) is 0.281. The van der Waals surface area contributed by atoms with Crippen molar-refractivity contribution in [2.45, 2.75) is 0 Å². The number of carbonyl (C=O) groups is 1. The molecule has 0 aliphatic heterocycles. The molecule has 0 aliphatic rings. The largest absolute Gasteiger partial charge is 0.497 e. The van der Waals surface area contributed by atoms with E-state index in [0.29, 0.717) is 11.4 Å². The Morgan fingerprint density at radius 1 is 1.40 bits per heavy atom. The van der Waals surface area contributed by atoms with Crippen LogP contribution in [0, 0.1) is 0 Å². The van der Waals surface area contributed by atoms with Gasteiger partial charge in [-0.25, -0.2) is 9.10 Å². The summed E-state index contributed by atoms with van der Waals surface area (Å²) < 4.78 is 18.6. The molecule has 1 aromatic rings. The van der Waals surface area contributed by atoms with E-state index in [1.807, 2.05) is 0 Å². The minimum absolute atomic E-state index is 0.489. The first-order valence-electron chi connectivity index (χ1n) is 4.03. The highest BCUT2D eigenvalue weighted by Crippen LogP contribution is 2.31. The molecule has 0 atom stereocenters. The van der Waals surface area contributed by atoms with Crippen LogP contribution < -0.4 is 9.04 Å². The lowest BCUT2D eigenvalue weighted by Gasteiger charge is -2.15. The molecular formula is C9H10FNO2S2. The van der Waals surface area contributed by atoms with E-state index >= 15 is 0 Å². The summed E-state index contributed by atoms with van der Waals surface area (Å²) in [6.45, 7) is 0. The van der Waals surface area contributed by atoms with Gasteiger partial charge in [-0.3, -0.25) is 0 Å². The number of rotatable bonds is 4. The number of nitrogens with zero attached hydrogens (tertiary/aromatic N) is 1. The van der Waals surface area contributed by atoms with Gasteiger partial charge in [-0.05, 0) is 30.5 Å². The van der Waals surface area contributed by atoms with Gasteiger partial charge >= 0.3 is 6.16 Å². The number of benzene rings is 1. The van der Waals surface area contributed by atoms with Crippen LogP contribution in [0.2, 0.25) is 0 Å². The van der Waals surface area contributed by atoms with Crippen molar-refractivity contribution in [2.24, 2.45) is 0 Å². The van der Waals surface area contributed by atoms with Gasteiger partial charge in [-0.2, -0.15) is 0 Å². The number of hydrogen-bond donors (Lipinski definition) is 0. The summed E-state index contributed by atoms with van der Waals surface area (Å²) >= 11 is 0. The summed E-state index contributed by atoms with van der Waals surface area (Å²) in [4.78, 5) is 10.7. The third kappa shape index (κ3) is 3.32. The van der Waals surface area contributed by atoms with Crippen molar-refractivity contribution >= 4 is 33.6 Å². The van der Waals surface area contributed by atoms with Gasteiger partial charge in [0.1, 0.15) is 5.75 Å². The molecule has 1 rings (SSSR count). The molecule has 0 N–H and O–H groups in total. The van der Waals surface area contributed by atoms with Gasteiger partial charge in [0.25, 0.3) is 0 Å². The first kappa shape index (κ1) is 12.2. The zero-order valence-corrected chi connectivity index (χ0v) is 9.90. The summed E-state index contributed by atoms with van der Waals surface area (Å²) in [5.74, 6) is 0.666. The molecule has 1 amide bonds. The van der Waals surface area contributed by atoms with Crippen molar-refractivity contribution in [3.8, 4) is 5.75 Å². The van der Waals surface area contributed by atoms with Crippen molar-refractivity contribution < 1.29 is 13.9 Å². The van der Waals surface area contributed by atoms with Crippen LogP contribution in [0.5, 0.6) is 5.75 Å². The van der Waals surface area contributed by atoms with Crippen molar-refractivity contribution in [1.82, 2.24) is 0 Å². The number of halogens is 1. The van der Waals surface area contributed by atoms with Gasteiger partial charge in [0.05, 0.1) is 12.8 Å². The highest BCUT2D eigenvalue weighted by atomic mass is 33.1. The Bertz CT molecular complexity index is 331. The van der Waals surface area contributed by atoms with Gasteiger partial charge in [0.2, 0.25) is 0 Å². The molecule has 3 nitrogen and oxygen atoms in total. The van der Waals surface area contributed by atoms with E-state index in [4.69, 9.17) is 4.74 Å². The fraction of sp³-hybridized carbons (Fsp3) is 0.222. The Hall–Kier alpha value is -0.880. The number of anilines is 1. The third-order valence-electron chi connectivity index (χ3n) is 1.62. The molecule has 0 fully saturated rings. The number of carbonyl (C=O) groups excluding carboxylic acids is 1. The zero-order chi connectivity index (χ0) is 11.3. The average Bonchev–Trinajstić information content (AvgIpc) is 2.26. The van der Waals surface area contributed by atoms with E-state index in [1.54, 1.807) is 37.6 Å². The first-order chi connectivity index (χ1) is 7.19. The van der Waals surface area contributed by atoms with Crippen LogP contribution in [0.3, 0.4) is 0 Å². The van der Waals surface area contributed by atoms with E-state index in [-0.39, 0.29) is 0 Å². The topological polar surface area (TPSA) is 29.5 Å². The maximum atomic E-state index is 12.6. The lowest BCUT2D eigenvalue weighted by Crippen LogP contribution is -2.16. The van der Waals surface area contributed by atoms with E-state index < -0.39 is 6.16 Å². The molecule has 82 valence electrons. The summed E-state index contributed by atoms with van der Waals surface area (Å²) in [6, 6.07) is 6.59. The predicted octanol–water partition coefficient (Wildman–Crippen LogP) is 3.52. The Morgan fingerprint density at radius 3 is 2.40 bits per heavy atom. The monoisotopic (exact) mass is 247 g/mol. The van der Waals surface area contributed by atoms with Gasteiger partial charge in [-0.15, -0.1) is 4.39 Å². The molecule has 0 heterocycles. The lowest BCUT2D eigenvalue weighted by atomic mass is 10.3. The highest BCUT2D eigenvalue weighted by molar-refractivity contribution is 8.77. The zero-order valence-electron chi connectivity index (χ0n) is 8.27. The normalized spacial score (nSPS) is 9.80. The number of hydrogen-bond acceptors (Lipinski definition) is 4. The van der Waals surface area contributed by atoms with Gasteiger partial charge in [-0.1, -0.05) is 10.8 Å². The second-order valence-corrected chi connectivity index (χ2v) is 4.78. The minimum Gasteiger partial charge on any atom is -0.497 e. The van der Waals surface area contributed by atoms with E-state index in [9.17, 15) is 9.18 Å². The molecule has 0 saturated heterocycles. The average molecular weight is 247 g/mol. The molecular weight excluding hydrogens is 237 g/mol. The first-order valence-corrected chi connectivity index (χ1v) is 6.55. The van der Waals surface area contributed by atoms with Gasteiger partial charge < -0.3 is 4.74 Å². The number of amides is 1. The van der Waals surface area contributed by atoms with Gasteiger partial charge in [0.15, 0.2) is 0 Å². The molecule has 0 radical (unpaired) electrons. The van der Waals surface area contributed by atoms with Crippen LogP contribution in [0.25, 0.3) is 0 Å². The standard InChI is InChI=1S/C9H10FNO2S2/c1-13-8-5-3-7(4-6-8)11(9(10)12)15-14-2/h3-6H,1-2H3. The molecule has 0 aliphatic carbocycles. The van der Waals surface area contributed by atoms with Crippen LogP contribution >= 0.6 is 21.8 Å². The Labute approximate surface area is 95.5 Å². The van der Waals surface area contributed by atoms with Crippen molar-refractivity contribution in [2.75, 3.05) is 17.7 Å². The number of ether oxygens (including phenoxy) is 1. The quantitative estimate of drug-likeness (QED) is 0.352. The Kier molecular flexibility index (Phi) is 4.77. The van der Waals surface area contributed by atoms with Gasteiger partial charge in [0, 0.05) is 11.0 Å². The molecule has 6 heteroatoms. The smallest absolute Gasteiger partial charge is 0.415 e. The molecule has 0 saturated carbocycles. The maximum absolute atomic E-state index is 12.6. The highest BCUT2D eigenvalue weighted by Gasteiger charge is 2.15. The lowest BCUT2D eigenvalue weighted by molar-refractivity contribution is 0.232. The maximum Gasteiger partial charge on any atom is 0.415 e. The minimum atomic E-state index is -1.49. The van der Waals surface area contributed by atoms with Crippen molar-refractivity contribution in [3.05, 3.63) is 24.3 Å². The Balaban J connectivity index is 2.86. The van der Waals surface area contributed by atoms with Crippen LogP contribution in [0.4, 0.5) is 14.9 Å². The Morgan fingerprint density at radius 2 is 2.00 bits per heavy atom. The SMILES string of the molecule is COc1ccc(N(SSC)C(=O)F)cc1. The summed E-state index contributed by atoms with van der Waals surface area (Å²) in [7, 11) is 3.87. The van der Waals surface area contributed by atoms with Crippen LogP contribution in [-0.4, -0.2) is 19.5 Å². The van der Waals surface area contributed by atoms with Crippen LogP contribution in [-0.2, 0) is 0 Å². The second-order valence-electron chi connectivity index (χ2n) is 2.49. The second kappa shape index (κ2) is 5.87.